The zero-order chi connectivity index (χ0) is 14.4. The summed E-state index contributed by atoms with van der Waals surface area (Å²) in [4.78, 5) is 8.36. The second kappa shape index (κ2) is 6.81. The molecule has 2 atom stereocenters. The molecule has 2 aliphatic rings. The Hall–Kier alpha value is -1.46. The van der Waals surface area contributed by atoms with Crippen LogP contribution in [0.3, 0.4) is 0 Å². The lowest BCUT2D eigenvalue weighted by Gasteiger charge is -2.48. The van der Waals surface area contributed by atoms with Gasteiger partial charge in [-0.1, -0.05) is 31.0 Å². The van der Waals surface area contributed by atoms with Crippen molar-refractivity contribution in [2.24, 2.45) is 0 Å². The highest BCUT2D eigenvalue weighted by atomic mass is 19.1. The van der Waals surface area contributed by atoms with Gasteiger partial charge < -0.3 is 15.2 Å². The molecule has 1 aliphatic heterocycles. The summed E-state index contributed by atoms with van der Waals surface area (Å²) >= 11 is 0. The fourth-order valence-corrected chi connectivity index (χ4v) is 3.27. The molecule has 1 aromatic carbocycles. The number of hydrogen-bond donors (Lipinski definition) is 2. The molecule has 3 rings (SSSR count). The van der Waals surface area contributed by atoms with Crippen LogP contribution >= 0.6 is 0 Å². The third-order valence-electron chi connectivity index (χ3n) is 4.05. The van der Waals surface area contributed by atoms with Gasteiger partial charge in [0.1, 0.15) is 5.82 Å². The Kier molecular flexibility index (Phi) is 5.09. The standard InChI is InChI=1S/C14H18FNO.CH2O2/c15-12-6-2-1-5-11(12)14-8-4-3-7-13(14)17-10-9-16-14;2-1-3/h1-2,5-6,13,16H,3-4,7-10H2;1H,(H,2,3). The summed E-state index contributed by atoms with van der Waals surface area (Å²) in [5.74, 6) is -0.114. The first-order valence-corrected chi connectivity index (χ1v) is 6.94. The summed E-state index contributed by atoms with van der Waals surface area (Å²) in [6.07, 6.45) is 4.45. The summed E-state index contributed by atoms with van der Waals surface area (Å²) in [6, 6.07) is 7.10. The van der Waals surface area contributed by atoms with Gasteiger partial charge in [0.25, 0.3) is 6.47 Å². The molecule has 20 heavy (non-hydrogen) atoms. The summed E-state index contributed by atoms with van der Waals surface area (Å²) in [7, 11) is 0. The molecule has 0 spiro atoms. The Morgan fingerprint density at radius 2 is 2.15 bits per heavy atom. The van der Waals surface area contributed by atoms with E-state index in [0.717, 1.165) is 38.0 Å². The number of rotatable bonds is 1. The van der Waals surface area contributed by atoms with E-state index in [2.05, 4.69) is 5.32 Å². The first-order valence-electron chi connectivity index (χ1n) is 6.94. The molecule has 2 fully saturated rings. The lowest BCUT2D eigenvalue weighted by atomic mass is 9.73. The Labute approximate surface area is 117 Å². The number of benzene rings is 1. The fraction of sp³-hybridized carbons (Fsp3) is 0.533. The highest BCUT2D eigenvalue weighted by Gasteiger charge is 2.45. The van der Waals surface area contributed by atoms with Crippen molar-refractivity contribution in [1.29, 1.82) is 0 Å². The van der Waals surface area contributed by atoms with Crippen molar-refractivity contribution in [2.75, 3.05) is 13.2 Å². The molecule has 1 saturated carbocycles. The third kappa shape index (κ3) is 2.83. The Bertz CT molecular complexity index is 440. The predicted molar refractivity (Wildman–Crippen MR) is 73.0 cm³/mol. The largest absolute Gasteiger partial charge is 0.483 e. The van der Waals surface area contributed by atoms with Gasteiger partial charge >= 0.3 is 0 Å². The smallest absolute Gasteiger partial charge is 0.290 e. The fourth-order valence-electron chi connectivity index (χ4n) is 3.27. The summed E-state index contributed by atoms with van der Waals surface area (Å²) < 4.78 is 19.9. The molecule has 1 aliphatic carbocycles. The van der Waals surface area contributed by atoms with E-state index in [1.807, 2.05) is 12.1 Å². The average molecular weight is 281 g/mol. The van der Waals surface area contributed by atoms with Crippen LogP contribution in [-0.4, -0.2) is 30.8 Å². The number of nitrogens with one attached hydrogen (secondary N) is 1. The van der Waals surface area contributed by atoms with Gasteiger partial charge in [-0.25, -0.2) is 4.39 Å². The quantitative estimate of drug-likeness (QED) is 0.775. The van der Waals surface area contributed by atoms with Crippen LogP contribution in [-0.2, 0) is 15.1 Å². The number of fused-ring (bicyclic) bond motifs is 1. The van der Waals surface area contributed by atoms with Gasteiger partial charge in [0, 0.05) is 12.1 Å². The number of ether oxygens (including phenoxy) is 1. The molecule has 0 amide bonds. The van der Waals surface area contributed by atoms with E-state index in [-0.39, 0.29) is 23.9 Å². The number of hydrogen-bond acceptors (Lipinski definition) is 3. The minimum absolute atomic E-state index is 0.114. The molecule has 2 unspecified atom stereocenters. The van der Waals surface area contributed by atoms with E-state index in [4.69, 9.17) is 14.6 Å². The molecule has 0 radical (unpaired) electrons. The molecule has 5 heteroatoms. The number of carbonyl (C=O) groups is 1. The highest BCUT2D eigenvalue weighted by Crippen LogP contribution is 2.41. The number of halogens is 1. The maximum atomic E-state index is 14.0. The van der Waals surface area contributed by atoms with Crippen molar-refractivity contribution in [1.82, 2.24) is 5.32 Å². The van der Waals surface area contributed by atoms with Crippen LogP contribution in [0.2, 0.25) is 0 Å². The minimum atomic E-state index is -0.290. The summed E-state index contributed by atoms with van der Waals surface area (Å²) in [5.41, 5.74) is 0.492. The van der Waals surface area contributed by atoms with Crippen LogP contribution in [0.4, 0.5) is 4.39 Å². The van der Waals surface area contributed by atoms with Gasteiger partial charge in [0.15, 0.2) is 0 Å². The second-order valence-corrected chi connectivity index (χ2v) is 5.09. The summed E-state index contributed by atoms with van der Waals surface area (Å²) in [6.45, 7) is 1.30. The van der Waals surface area contributed by atoms with E-state index in [1.54, 1.807) is 12.1 Å². The van der Waals surface area contributed by atoms with Crippen molar-refractivity contribution >= 4 is 6.47 Å². The molecule has 4 nitrogen and oxygen atoms in total. The van der Waals surface area contributed by atoms with Gasteiger partial charge in [-0.15, -0.1) is 0 Å². The van der Waals surface area contributed by atoms with Crippen LogP contribution in [0.5, 0.6) is 0 Å². The average Bonchev–Trinajstić information content (AvgIpc) is 2.48. The maximum absolute atomic E-state index is 14.0. The Morgan fingerprint density at radius 3 is 2.90 bits per heavy atom. The lowest BCUT2D eigenvalue weighted by molar-refractivity contribution is -0.122. The Balaban J connectivity index is 0.000000452. The van der Waals surface area contributed by atoms with Crippen molar-refractivity contribution < 1.29 is 19.0 Å². The molecular formula is C15H20FNO3. The summed E-state index contributed by atoms with van der Waals surface area (Å²) in [5, 5.41) is 10.4. The van der Waals surface area contributed by atoms with Crippen molar-refractivity contribution in [3.8, 4) is 0 Å². The topological polar surface area (TPSA) is 58.6 Å². The van der Waals surface area contributed by atoms with Gasteiger partial charge in [-0.3, -0.25) is 4.79 Å². The zero-order valence-electron chi connectivity index (χ0n) is 11.3. The molecule has 1 heterocycles. The number of carboxylic acid groups (broad SMARTS) is 1. The van der Waals surface area contributed by atoms with Crippen molar-refractivity contribution in [2.45, 2.75) is 37.3 Å². The molecule has 110 valence electrons. The monoisotopic (exact) mass is 281 g/mol. The first kappa shape index (κ1) is 14.9. The van der Waals surface area contributed by atoms with Crippen LogP contribution < -0.4 is 5.32 Å². The maximum Gasteiger partial charge on any atom is 0.290 e. The third-order valence-corrected chi connectivity index (χ3v) is 4.05. The SMILES string of the molecule is Fc1ccccc1C12CCCCC1OCCN2.O=CO. The molecule has 2 N–H and O–H groups in total. The Morgan fingerprint density at radius 1 is 1.40 bits per heavy atom. The van der Waals surface area contributed by atoms with E-state index in [9.17, 15) is 4.39 Å². The van der Waals surface area contributed by atoms with Crippen LogP contribution in [0, 0.1) is 5.82 Å². The van der Waals surface area contributed by atoms with Crippen molar-refractivity contribution in [3.05, 3.63) is 35.6 Å². The molecule has 0 aromatic heterocycles. The van der Waals surface area contributed by atoms with E-state index in [1.165, 1.54) is 6.42 Å². The first-order chi connectivity index (χ1) is 9.74. The van der Waals surface area contributed by atoms with Gasteiger partial charge in [-0.2, -0.15) is 0 Å². The highest BCUT2D eigenvalue weighted by molar-refractivity contribution is 5.32. The van der Waals surface area contributed by atoms with Crippen LogP contribution in [0.15, 0.2) is 24.3 Å². The van der Waals surface area contributed by atoms with Crippen molar-refractivity contribution in [3.63, 3.8) is 0 Å². The van der Waals surface area contributed by atoms with Crippen LogP contribution in [0.25, 0.3) is 0 Å². The van der Waals surface area contributed by atoms with E-state index < -0.39 is 0 Å². The molecular weight excluding hydrogens is 261 g/mol. The molecule has 0 bridgehead atoms. The van der Waals surface area contributed by atoms with Crippen LogP contribution in [0.1, 0.15) is 31.2 Å². The van der Waals surface area contributed by atoms with Gasteiger partial charge in [0.2, 0.25) is 0 Å². The normalized spacial score (nSPS) is 28.8. The van der Waals surface area contributed by atoms with Gasteiger partial charge in [-0.05, 0) is 18.9 Å². The molecule has 1 aromatic rings. The zero-order valence-corrected chi connectivity index (χ0v) is 11.3. The molecule has 1 saturated heterocycles. The van der Waals surface area contributed by atoms with E-state index in [0.29, 0.717) is 0 Å². The predicted octanol–water partition coefficient (Wildman–Crippen LogP) is 2.28. The second-order valence-electron chi connectivity index (χ2n) is 5.09. The van der Waals surface area contributed by atoms with Gasteiger partial charge in [0.05, 0.1) is 18.2 Å². The number of morpholine rings is 1. The van der Waals surface area contributed by atoms with E-state index >= 15 is 0 Å². The minimum Gasteiger partial charge on any atom is -0.483 e. The lowest BCUT2D eigenvalue weighted by Crippen LogP contribution is -2.59.